The zero-order chi connectivity index (χ0) is 39.0. The molecule has 0 heterocycles. The van der Waals surface area contributed by atoms with Crippen molar-refractivity contribution in [3.8, 4) is 0 Å². The molecule has 0 radical (unpaired) electrons. The molecule has 0 spiro atoms. The number of ether oxygens (including phenoxy) is 2. The van der Waals surface area contributed by atoms with Crippen molar-refractivity contribution >= 4 is 11.9 Å². The highest BCUT2D eigenvalue weighted by Gasteiger charge is 2.16. The summed E-state index contributed by atoms with van der Waals surface area (Å²) in [6.45, 7) is 14.8. The van der Waals surface area contributed by atoms with E-state index < -0.39 is 0 Å². The summed E-state index contributed by atoms with van der Waals surface area (Å²) in [6, 6.07) is 0. The van der Waals surface area contributed by atoms with Crippen molar-refractivity contribution in [1.82, 2.24) is 4.90 Å². The number of esters is 2. The molecule has 5 nitrogen and oxygen atoms in total. The van der Waals surface area contributed by atoms with Crippen molar-refractivity contribution in [2.75, 3.05) is 33.4 Å². The maximum absolute atomic E-state index is 12.5. The van der Waals surface area contributed by atoms with Gasteiger partial charge in [0.05, 0.1) is 13.2 Å². The Morgan fingerprint density at radius 2 is 0.698 bits per heavy atom. The van der Waals surface area contributed by atoms with E-state index in [-0.39, 0.29) is 11.9 Å². The molecule has 0 aromatic rings. The van der Waals surface area contributed by atoms with Gasteiger partial charge in [-0.25, -0.2) is 0 Å². The van der Waals surface area contributed by atoms with Crippen LogP contribution in [0.25, 0.3) is 0 Å². The first-order chi connectivity index (χ1) is 25.9. The van der Waals surface area contributed by atoms with Crippen LogP contribution in [0.15, 0.2) is 0 Å². The van der Waals surface area contributed by atoms with E-state index in [4.69, 9.17) is 9.47 Å². The second-order valence-electron chi connectivity index (χ2n) is 16.9. The summed E-state index contributed by atoms with van der Waals surface area (Å²) in [5.74, 6) is 1.96. The highest BCUT2D eigenvalue weighted by atomic mass is 16.5. The predicted octanol–water partition coefficient (Wildman–Crippen LogP) is 14.8. The summed E-state index contributed by atoms with van der Waals surface area (Å²) in [4.78, 5) is 27.5. The molecule has 0 saturated heterocycles. The lowest BCUT2D eigenvalue weighted by Gasteiger charge is -2.21. The Hall–Kier alpha value is -1.10. The number of unbranched alkanes of at least 4 members (excludes halogenated alkanes) is 18. The summed E-state index contributed by atoms with van der Waals surface area (Å²) in [5, 5.41) is 0. The molecule has 0 rings (SSSR count). The molecule has 5 heteroatoms. The van der Waals surface area contributed by atoms with Gasteiger partial charge in [-0.3, -0.25) is 9.59 Å². The Labute approximate surface area is 332 Å². The number of hydrogen-bond donors (Lipinski definition) is 0. The van der Waals surface area contributed by atoms with E-state index >= 15 is 0 Å². The number of carbonyl (C=O) groups excluding carboxylic acids is 2. The molecule has 0 atom stereocenters. The van der Waals surface area contributed by atoms with E-state index in [0.717, 1.165) is 25.3 Å². The van der Waals surface area contributed by atoms with Crippen LogP contribution in [0.2, 0.25) is 0 Å². The van der Waals surface area contributed by atoms with Crippen LogP contribution in [-0.2, 0) is 19.1 Å². The van der Waals surface area contributed by atoms with Crippen LogP contribution in [-0.4, -0.2) is 50.2 Å². The van der Waals surface area contributed by atoms with Crippen molar-refractivity contribution in [2.24, 2.45) is 17.8 Å². The number of carbonyl (C=O) groups is 2. The normalized spacial score (nSPS) is 11.8. The van der Waals surface area contributed by atoms with Gasteiger partial charge in [-0.05, 0) is 82.8 Å². The number of hydrogen-bond acceptors (Lipinski definition) is 5. The molecule has 0 aromatic carbocycles. The van der Waals surface area contributed by atoms with E-state index in [1.807, 2.05) is 0 Å². The standard InChI is InChI=1S/C48H95NO4/c1-7-12-24-34-45(35-25-13-8-2)42-47(50)52-40-30-22-18-16-20-28-32-44(38-39-49(6)11-5)33-29-21-17-19-23-31-41-53-48(51)43-46(36-26-14-9-3)37-27-15-10-4/h44-46H,7-43H2,1-6H3. The van der Waals surface area contributed by atoms with Gasteiger partial charge >= 0.3 is 11.9 Å². The topological polar surface area (TPSA) is 55.8 Å². The molecule has 0 bridgehead atoms. The third-order valence-electron chi connectivity index (χ3n) is 11.8. The zero-order valence-corrected chi connectivity index (χ0v) is 37.0. The fourth-order valence-electron chi connectivity index (χ4n) is 7.87. The van der Waals surface area contributed by atoms with Gasteiger partial charge in [-0.15, -0.1) is 0 Å². The molecule has 0 saturated carbocycles. The van der Waals surface area contributed by atoms with Crippen LogP contribution < -0.4 is 0 Å². The smallest absolute Gasteiger partial charge is 0.306 e. The Kier molecular flexibility index (Phi) is 39.7. The Balaban J connectivity index is 4.11. The van der Waals surface area contributed by atoms with E-state index in [1.54, 1.807) is 0 Å². The fraction of sp³-hybridized carbons (Fsp3) is 0.958. The van der Waals surface area contributed by atoms with Crippen LogP contribution in [0.4, 0.5) is 0 Å². The molecule has 0 N–H and O–H groups in total. The van der Waals surface area contributed by atoms with Gasteiger partial charge in [0.15, 0.2) is 0 Å². The average Bonchev–Trinajstić information content (AvgIpc) is 3.15. The molecule has 53 heavy (non-hydrogen) atoms. The van der Waals surface area contributed by atoms with Crippen molar-refractivity contribution < 1.29 is 19.1 Å². The number of nitrogens with zero attached hydrogens (tertiary/aromatic N) is 1. The summed E-state index contributed by atoms with van der Waals surface area (Å²) in [6.07, 6.45) is 40.0. The molecule has 0 aliphatic carbocycles. The van der Waals surface area contributed by atoms with Gasteiger partial charge in [0.2, 0.25) is 0 Å². The highest BCUT2D eigenvalue weighted by molar-refractivity contribution is 5.70. The van der Waals surface area contributed by atoms with E-state index in [1.165, 1.54) is 193 Å². The summed E-state index contributed by atoms with van der Waals surface area (Å²) in [5.41, 5.74) is 0. The monoisotopic (exact) mass is 750 g/mol. The maximum Gasteiger partial charge on any atom is 0.306 e. The molecule has 0 unspecified atom stereocenters. The van der Waals surface area contributed by atoms with E-state index in [0.29, 0.717) is 37.9 Å². The Morgan fingerprint density at radius 1 is 0.396 bits per heavy atom. The molecular formula is C48H95NO4. The first-order valence-corrected chi connectivity index (χ1v) is 23.9. The molecule has 316 valence electrons. The van der Waals surface area contributed by atoms with Crippen molar-refractivity contribution in [2.45, 2.75) is 247 Å². The quantitative estimate of drug-likeness (QED) is 0.0459. The van der Waals surface area contributed by atoms with Crippen LogP contribution >= 0.6 is 0 Å². The van der Waals surface area contributed by atoms with E-state index in [2.05, 4.69) is 46.6 Å². The van der Waals surface area contributed by atoms with Crippen molar-refractivity contribution in [3.05, 3.63) is 0 Å². The van der Waals surface area contributed by atoms with Crippen LogP contribution in [0, 0.1) is 17.8 Å². The van der Waals surface area contributed by atoms with Gasteiger partial charge in [-0.1, -0.05) is 189 Å². The lowest BCUT2D eigenvalue weighted by atomic mass is 9.91. The largest absolute Gasteiger partial charge is 0.466 e. The summed E-state index contributed by atoms with van der Waals surface area (Å²) >= 11 is 0. The lowest BCUT2D eigenvalue weighted by Crippen LogP contribution is -2.21. The summed E-state index contributed by atoms with van der Waals surface area (Å²) < 4.78 is 11.3. The first kappa shape index (κ1) is 51.9. The molecule has 0 aliphatic heterocycles. The Bertz CT molecular complexity index is 697. The van der Waals surface area contributed by atoms with Crippen LogP contribution in [0.1, 0.15) is 247 Å². The summed E-state index contributed by atoms with van der Waals surface area (Å²) in [7, 11) is 2.25. The molecule has 0 aromatic heterocycles. The van der Waals surface area contributed by atoms with Crippen LogP contribution in [0.5, 0.6) is 0 Å². The third kappa shape index (κ3) is 36.3. The van der Waals surface area contributed by atoms with Gasteiger partial charge in [0.1, 0.15) is 0 Å². The number of rotatable bonds is 42. The predicted molar refractivity (Wildman–Crippen MR) is 231 cm³/mol. The minimum absolute atomic E-state index is 0.0372. The first-order valence-electron chi connectivity index (χ1n) is 23.9. The minimum Gasteiger partial charge on any atom is -0.466 e. The maximum atomic E-state index is 12.5. The lowest BCUT2D eigenvalue weighted by molar-refractivity contribution is -0.146. The van der Waals surface area contributed by atoms with Gasteiger partial charge in [0, 0.05) is 12.8 Å². The SMILES string of the molecule is CCCCCC(CCCCC)CC(=O)OCCCCCCCCC(CCCCCCCCOC(=O)CC(CCCCC)CCCCC)CCN(C)CC. The van der Waals surface area contributed by atoms with Gasteiger partial charge in [0.25, 0.3) is 0 Å². The van der Waals surface area contributed by atoms with Gasteiger partial charge in [-0.2, -0.15) is 0 Å². The van der Waals surface area contributed by atoms with Crippen molar-refractivity contribution in [3.63, 3.8) is 0 Å². The minimum atomic E-state index is 0.0372. The average molecular weight is 750 g/mol. The molecule has 0 amide bonds. The molecule has 0 fully saturated rings. The second kappa shape index (κ2) is 40.6. The van der Waals surface area contributed by atoms with E-state index in [9.17, 15) is 9.59 Å². The third-order valence-corrected chi connectivity index (χ3v) is 11.8. The Morgan fingerprint density at radius 3 is 1.04 bits per heavy atom. The van der Waals surface area contributed by atoms with Gasteiger partial charge < -0.3 is 14.4 Å². The molecule has 0 aliphatic rings. The highest BCUT2D eigenvalue weighted by Crippen LogP contribution is 2.25. The fourth-order valence-corrected chi connectivity index (χ4v) is 7.87. The van der Waals surface area contributed by atoms with Crippen LogP contribution in [0.3, 0.4) is 0 Å². The van der Waals surface area contributed by atoms with Crippen molar-refractivity contribution in [1.29, 1.82) is 0 Å². The zero-order valence-electron chi connectivity index (χ0n) is 37.0. The molecular weight excluding hydrogens is 655 g/mol. The second-order valence-corrected chi connectivity index (χ2v) is 16.9.